The quantitative estimate of drug-likeness (QED) is 0.177. The number of anilines is 1. The average molecular weight is 559 g/mol. The van der Waals surface area contributed by atoms with E-state index in [4.69, 9.17) is 30.5 Å². The number of ether oxygens (including phenoxy) is 2. The van der Waals surface area contributed by atoms with Crippen LogP contribution in [0.4, 0.5) is 5.69 Å². The number of carbonyl (C=O) groups is 1. The average Bonchev–Trinajstić information content (AvgIpc) is 3.36. The van der Waals surface area contributed by atoms with Gasteiger partial charge in [0.1, 0.15) is 11.3 Å². The summed E-state index contributed by atoms with van der Waals surface area (Å²) in [6.07, 6.45) is 0.639. The smallest absolute Gasteiger partial charge is 0.347 e. The number of fused-ring (bicyclic) bond motifs is 2. The van der Waals surface area contributed by atoms with Crippen LogP contribution in [0.15, 0.2) is 81.0 Å². The zero-order valence-electron chi connectivity index (χ0n) is 22.4. The molecule has 40 heavy (non-hydrogen) atoms. The Hall–Kier alpha value is -4.63. The predicted molar refractivity (Wildman–Crippen MR) is 157 cm³/mol. The van der Waals surface area contributed by atoms with Gasteiger partial charge in [-0.25, -0.2) is 9.78 Å². The Labute approximate surface area is 235 Å². The minimum Gasteiger partial charge on any atom is -0.478 e. The van der Waals surface area contributed by atoms with Gasteiger partial charge in [-0.05, 0) is 62.4 Å². The third kappa shape index (κ3) is 5.41. The van der Waals surface area contributed by atoms with Crippen molar-refractivity contribution in [2.75, 3.05) is 25.6 Å². The van der Waals surface area contributed by atoms with Crippen molar-refractivity contribution in [1.29, 1.82) is 0 Å². The molecule has 0 bridgehead atoms. The minimum absolute atomic E-state index is 0.222. The van der Waals surface area contributed by atoms with Crippen LogP contribution in [0.3, 0.4) is 0 Å². The van der Waals surface area contributed by atoms with Crippen LogP contribution >= 0.6 is 11.6 Å². The number of furan rings is 1. The van der Waals surface area contributed by atoms with Crippen LogP contribution in [0.25, 0.3) is 33.5 Å². The fourth-order valence-electron chi connectivity index (χ4n) is 4.14. The first kappa shape index (κ1) is 27.0. The normalized spacial score (nSPS) is 12.2. The summed E-state index contributed by atoms with van der Waals surface area (Å²) in [7, 11) is 3.80. The van der Waals surface area contributed by atoms with E-state index in [-0.39, 0.29) is 18.0 Å². The summed E-state index contributed by atoms with van der Waals surface area (Å²) in [4.78, 5) is 32.5. The number of benzene rings is 3. The van der Waals surface area contributed by atoms with Gasteiger partial charge in [0.15, 0.2) is 11.9 Å². The van der Waals surface area contributed by atoms with Gasteiger partial charge in [-0.15, -0.1) is 0 Å². The molecule has 5 rings (SSSR count). The van der Waals surface area contributed by atoms with Gasteiger partial charge in [-0.1, -0.05) is 23.7 Å². The maximum absolute atomic E-state index is 13.6. The molecule has 0 unspecified atom stereocenters. The Morgan fingerprint density at radius 2 is 1.95 bits per heavy atom. The molecule has 2 heterocycles. The third-order valence-electron chi connectivity index (χ3n) is 6.20. The lowest BCUT2D eigenvalue weighted by molar-refractivity contribution is -0.150. The van der Waals surface area contributed by atoms with Crippen molar-refractivity contribution in [3.8, 4) is 17.3 Å². The molecule has 0 aliphatic rings. The first-order chi connectivity index (χ1) is 19.2. The zero-order valence-corrected chi connectivity index (χ0v) is 23.2. The molecule has 0 saturated heterocycles. The molecule has 9 nitrogen and oxygen atoms in total. The molecule has 0 spiro atoms. The van der Waals surface area contributed by atoms with Gasteiger partial charge in [-0.3, -0.25) is 4.79 Å². The minimum atomic E-state index is -0.854. The molecule has 204 valence electrons. The van der Waals surface area contributed by atoms with E-state index in [1.165, 1.54) is 10.9 Å². The summed E-state index contributed by atoms with van der Waals surface area (Å²) in [5.41, 5.74) is 2.14. The Morgan fingerprint density at radius 3 is 2.73 bits per heavy atom. The molecule has 0 aliphatic carbocycles. The van der Waals surface area contributed by atoms with Crippen LogP contribution in [-0.2, 0) is 9.53 Å². The van der Waals surface area contributed by atoms with Gasteiger partial charge in [0, 0.05) is 41.8 Å². The maximum Gasteiger partial charge on any atom is 0.347 e. The predicted octanol–water partition coefficient (Wildman–Crippen LogP) is 5.74. The molecule has 0 fully saturated rings. The number of hydrogen-bond acceptors (Lipinski definition) is 8. The van der Waals surface area contributed by atoms with E-state index in [9.17, 15) is 9.59 Å². The Bertz CT molecular complexity index is 1810. The molecule has 0 N–H and O–H groups in total. The Balaban J connectivity index is 1.63. The van der Waals surface area contributed by atoms with E-state index in [2.05, 4.69) is 5.10 Å². The highest BCUT2D eigenvalue weighted by atomic mass is 35.5. The molecule has 0 aliphatic heterocycles. The Kier molecular flexibility index (Phi) is 7.57. The molecule has 2 aromatic heterocycles. The molecule has 0 radical (unpaired) electrons. The van der Waals surface area contributed by atoms with Crippen LogP contribution in [-0.4, -0.2) is 48.7 Å². The first-order valence-electron chi connectivity index (χ1n) is 12.7. The van der Waals surface area contributed by atoms with Gasteiger partial charge in [0.25, 0.3) is 5.56 Å². The second-order valence-electron chi connectivity index (χ2n) is 9.24. The third-order valence-corrected chi connectivity index (χ3v) is 6.44. The molecule has 0 amide bonds. The number of esters is 1. The lowest BCUT2D eigenvalue weighted by Crippen LogP contribution is -2.26. The highest BCUT2D eigenvalue weighted by molar-refractivity contribution is 6.31. The van der Waals surface area contributed by atoms with E-state index in [1.54, 1.807) is 68.4 Å². The molecular formula is C30H27ClN4O5. The second-order valence-corrected chi connectivity index (χ2v) is 9.67. The standard InChI is InChI=1S/C30H27ClN4O5/c1-5-38-30(37)18(2)39-26-16-22(34(3)4)12-10-19(26)17-32-35-28(33-24-9-7-6-8-23(24)29(35)36)27-15-20-14-21(31)11-13-25(20)40-27/h6-18H,5H2,1-4H3/t18-/m0/s1. The zero-order chi connectivity index (χ0) is 28.4. The lowest BCUT2D eigenvalue weighted by atomic mass is 10.2. The van der Waals surface area contributed by atoms with E-state index < -0.39 is 12.1 Å². The number of para-hydroxylation sites is 1. The summed E-state index contributed by atoms with van der Waals surface area (Å²) < 4.78 is 18.3. The highest BCUT2D eigenvalue weighted by Gasteiger charge is 2.19. The topological polar surface area (TPSA) is 99.2 Å². The van der Waals surface area contributed by atoms with E-state index in [1.807, 2.05) is 31.1 Å². The van der Waals surface area contributed by atoms with Crippen molar-refractivity contribution < 1.29 is 18.7 Å². The van der Waals surface area contributed by atoms with Crippen molar-refractivity contribution in [2.45, 2.75) is 20.0 Å². The van der Waals surface area contributed by atoms with Gasteiger partial charge < -0.3 is 18.8 Å². The first-order valence-corrected chi connectivity index (χ1v) is 13.0. The summed E-state index contributed by atoms with van der Waals surface area (Å²) in [6, 6.07) is 19.5. The van der Waals surface area contributed by atoms with Crippen LogP contribution in [0.2, 0.25) is 5.02 Å². The largest absolute Gasteiger partial charge is 0.478 e. The second kappa shape index (κ2) is 11.2. The van der Waals surface area contributed by atoms with Gasteiger partial charge in [0.2, 0.25) is 5.82 Å². The molecular weight excluding hydrogens is 532 g/mol. The van der Waals surface area contributed by atoms with Crippen molar-refractivity contribution >= 4 is 51.3 Å². The number of nitrogens with zero attached hydrogens (tertiary/aromatic N) is 4. The van der Waals surface area contributed by atoms with Crippen molar-refractivity contribution in [1.82, 2.24) is 9.66 Å². The van der Waals surface area contributed by atoms with Crippen molar-refractivity contribution in [3.05, 3.63) is 87.7 Å². The number of aromatic nitrogens is 2. The summed E-state index contributed by atoms with van der Waals surface area (Å²) in [5.74, 6) is 0.493. The van der Waals surface area contributed by atoms with E-state index >= 15 is 0 Å². The molecule has 1 atom stereocenters. The number of carbonyl (C=O) groups excluding carboxylic acids is 1. The number of halogens is 1. The lowest BCUT2D eigenvalue weighted by Gasteiger charge is -2.18. The SMILES string of the molecule is CCOC(=O)[C@H](C)Oc1cc(N(C)C)ccc1C=Nn1c(-c2cc3cc(Cl)ccc3o2)nc2ccccc2c1=O. The summed E-state index contributed by atoms with van der Waals surface area (Å²) >= 11 is 6.16. The molecule has 10 heteroatoms. The number of hydrogen-bond donors (Lipinski definition) is 0. The fraction of sp³-hybridized carbons (Fsp3) is 0.200. The van der Waals surface area contributed by atoms with Crippen LogP contribution < -0.4 is 15.2 Å². The van der Waals surface area contributed by atoms with Crippen LogP contribution in [0.5, 0.6) is 5.75 Å². The Morgan fingerprint density at radius 1 is 1.15 bits per heavy atom. The maximum atomic E-state index is 13.6. The summed E-state index contributed by atoms with van der Waals surface area (Å²) in [6.45, 7) is 3.59. The van der Waals surface area contributed by atoms with E-state index in [0.29, 0.717) is 38.6 Å². The van der Waals surface area contributed by atoms with E-state index in [0.717, 1.165) is 11.1 Å². The van der Waals surface area contributed by atoms with Crippen molar-refractivity contribution in [2.24, 2.45) is 5.10 Å². The van der Waals surface area contributed by atoms with Crippen LogP contribution in [0, 0.1) is 0 Å². The van der Waals surface area contributed by atoms with Crippen LogP contribution in [0.1, 0.15) is 19.4 Å². The molecule has 0 saturated carbocycles. The molecule has 5 aromatic rings. The van der Waals surface area contributed by atoms with Crippen molar-refractivity contribution in [3.63, 3.8) is 0 Å². The highest BCUT2D eigenvalue weighted by Crippen LogP contribution is 2.30. The summed E-state index contributed by atoms with van der Waals surface area (Å²) in [5, 5.41) is 6.27. The monoisotopic (exact) mass is 558 g/mol. The van der Waals surface area contributed by atoms with Gasteiger partial charge in [0.05, 0.1) is 23.7 Å². The van der Waals surface area contributed by atoms with Gasteiger partial charge >= 0.3 is 5.97 Å². The molecule has 3 aromatic carbocycles. The number of rotatable bonds is 8. The fourth-order valence-corrected chi connectivity index (χ4v) is 4.32. The van der Waals surface area contributed by atoms with Gasteiger partial charge in [-0.2, -0.15) is 9.78 Å².